The van der Waals surface area contributed by atoms with E-state index in [0.717, 1.165) is 21.7 Å². The van der Waals surface area contributed by atoms with Gasteiger partial charge in [0.05, 0.1) is 19.1 Å². The highest BCUT2D eigenvalue weighted by Crippen LogP contribution is 2.21. The minimum absolute atomic E-state index is 0.0887. The van der Waals surface area contributed by atoms with Gasteiger partial charge in [0.25, 0.3) is 0 Å². The van der Waals surface area contributed by atoms with Crippen molar-refractivity contribution in [2.45, 2.75) is 38.9 Å². The van der Waals surface area contributed by atoms with Crippen LogP contribution in [0.1, 0.15) is 25.0 Å². The zero-order chi connectivity index (χ0) is 27.7. The number of anilines is 1. The van der Waals surface area contributed by atoms with E-state index < -0.39 is 28.5 Å². The Bertz CT molecular complexity index is 1310. The summed E-state index contributed by atoms with van der Waals surface area (Å²) in [5.74, 6) is -0.198. The summed E-state index contributed by atoms with van der Waals surface area (Å²) in [5.41, 5.74) is 2.00. The van der Waals surface area contributed by atoms with E-state index in [9.17, 15) is 18.0 Å². The smallest absolute Gasteiger partial charge is 0.244 e. The third-order valence-corrected chi connectivity index (χ3v) is 7.05. The molecule has 0 heterocycles. The fourth-order valence-corrected chi connectivity index (χ4v) is 4.96. The van der Waals surface area contributed by atoms with E-state index in [4.69, 9.17) is 4.74 Å². The van der Waals surface area contributed by atoms with Crippen LogP contribution >= 0.6 is 0 Å². The fourth-order valence-electron chi connectivity index (χ4n) is 4.11. The number of para-hydroxylation sites is 1. The van der Waals surface area contributed by atoms with Crippen molar-refractivity contribution in [1.29, 1.82) is 0 Å². The number of hydrogen-bond donors (Lipinski definition) is 1. The number of ether oxygens (including phenoxy) is 1. The molecule has 3 rings (SSSR count). The van der Waals surface area contributed by atoms with Gasteiger partial charge >= 0.3 is 0 Å². The summed E-state index contributed by atoms with van der Waals surface area (Å²) < 4.78 is 31.9. The third-order valence-electron chi connectivity index (χ3n) is 5.91. The number of carbonyl (C=O) groups is 2. The second-order valence-corrected chi connectivity index (χ2v) is 11.3. The number of rotatable bonds is 12. The van der Waals surface area contributed by atoms with E-state index in [2.05, 4.69) is 5.32 Å². The van der Waals surface area contributed by atoms with Gasteiger partial charge < -0.3 is 15.0 Å². The lowest BCUT2D eigenvalue weighted by Gasteiger charge is -2.34. The Kier molecular flexibility index (Phi) is 9.90. The van der Waals surface area contributed by atoms with Crippen molar-refractivity contribution in [3.63, 3.8) is 0 Å². The Morgan fingerprint density at radius 3 is 2.08 bits per heavy atom. The van der Waals surface area contributed by atoms with Crippen LogP contribution in [0.5, 0.6) is 5.75 Å². The molecule has 1 N–H and O–H groups in total. The van der Waals surface area contributed by atoms with Crippen molar-refractivity contribution in [2.24, 2.45) is 0 Å². The van der Waals surface area contributed by atoms with Crippen LogP contribution in [0.15, 0.2) is 84.9 Å². The van der Waals surface area contributed by atoms with Crippen LogP contribution in [-0.2, 0) is 32.6 Å². The van der Waals surface area contributed by atoms with Crippen LogP contribution in [0.4, 0.5) is 5.69 Å². The number of methoxy groups -OCH3 is 1. The van der Waals surface area contributed by atoms with E-state index in [1.807, 2.05) is 56.3 Å². The summed E-state index contributed by atoms with van der Waals surface area (Å²) in [5, 5.41) is 2.93. The van der Waals surface area contributed by atoms with E-state index in [1.54, 1.807) is 49.6 Å². The zero-order valence-electron chi connectivity index (χ0n) is 22.2. The Morgan fingerprint density at radius 2 is 1.50 bits per heavy atom. The number of hydrogen-bond acceptors (Lipinski definition) is 5. The standard InChI is InChI=1S/C29H35N3O5S/c1-22(2)30-29(34)27(19-23-12-7-5-8-13-23)31(20-24-14-11-17-26(18-24)37-3)28(33)21-32(38(4,35)36)25-15-9-6-10-16-25/h5-18,22,27H,19-21H2,1-4H3,(H,30,34)/t27-/m1/s1. The van der Waals surface area contributed by atoms with Gasteiger partial charge in [-0.25, -0.2) is 8.42 Å². The summed E-state index contributed by atoms with van der Waals surface area (Å²) >= 11 is 0. The largest absolute Gasteiger partial charge is 0.497 e. The average molecular weight is 538 g/mol. The molecule has 8 nitrogen and oxygen atoms in total. The van der Waals surface area contributed by atoms with Crippen LogP contribution in [0.25, 0.3) is 0 Å². The molecule has 202 valence electrons. The van der Waals surface area contributed by atoms with E-state index in [-0.39, 0.29) is 24.9 Å². The van der Waals surface area contributed by atoms with Crippen LogP contribution in [0.3, 0.4) is 0 Å². The molecule has 38 heavy (non-hydrogen) atoms. The normalized spacial score (nSPS) is 12.0. The SMILES string of the molecule is COc1cccc(CN(C(=O)CN(c2ccccc2)S(C)(=O)=O)[C@H](Cc2ccccc2)C(=O)NC(C)C)c1. The van der Waals surface area contributed by atoms with Gasteiger partial charge in [0.1, 0.15) is 18.3 Å². The molecule has 1 atom stereocenters. The molecule has 0 fully saturated rings. The molecular weight excluding hydrogens is 502 g/mol. The van der Waals surface area contributed by atoms with Gasteiger partial charge in [0, 0.05) is 19.0 Å². The summed E-state index contributed by atoms with van der Waals surface area (Å²) in [4.78, 5) is 28.9. The molecule has 0 saturated heterocycles. The molecule has 0 bridgehead atoms. The molecule has 0 saturated carbocycles. The quantitative estimate of drug-likeness (QED) is 0.381. The number of carbonyl (C=O) groups excluding carboxylic acids is 2. The van der Waals surface area contributed by atoms with Crippen LogP contribution in [0.2, 0.25) is 0 Å². The number of benzene rings is 3. The van der Waals surface area contributed by atoms with E-state index >= 15 is 0 Å². The van der Waals surface area contributed by atoms with Gasteiger partial charge in [-0.3, -0.25) is 13.9 Å². The van der Waals surface area contributed by atoms with Gasteiger partial charge in [0.15, 0.2) is 0 Å². The highest BCUT2D eigenvalue weighted by Gasteiger charge is 2.33. The minimum Gasteiger partial charge on any atom is -0.497 e. The third kappa shape index (κ3) is 8.08. The van der Waals surface area contributed by atoms with Crippen molar-refractivity contribution in [3.8, 4) is 5.75 Å². The van der Waals surface area contributed by atoms with Crippen molar-refractivity contribution in [1.82, 2.24) is 10.2 Å². The van der Waals surface area contributed by atoms with Crippen LogP contribution in [-0.4, -0.2) is 57.1 Å². The van der Waals surface area contributed by atoms with Crippen LogP contribution < -0.4 is 14.4 Å². The van der Waals surface area contributed by atoms with Gasteiger partial charge in [0.2, 0.25) is 21.8 Å². The first-order chi connectivity index (χ1) is 18.1. The minimum atomic E-state index is -3.79. The Hall–Kier alpha value is -3.85. The Labute approximate surface area is 225 Å². The molecule has 0 aliphatic rings. The Balaban J connectivity index is 2.05. The lowest BCUT2D eigenvalue weighted by atomic mass is 10.0. The molecular formula is C29H35N3O5S. The lowest BCUT2D eigenvalue weighted by Crippen LogP contribution is -2.54. The maximum atomic E-state index is 14.0. The van der Waals surface area contributed by atoms with Gasteiger partial charge in [-0.05, 0) is 49.2 Å². The maximum absolute atomic E-state index is 14.0. The number of nitrogens with zero attached hydrogens (tertiary/aromatic N) is 2. The predicted molar refractivity (Wildman–Crippen MR) is 149 cm³/mol. The number of nitrogens with one attached hydrogen (secondary N) is 1. The fraction of sp³-hybridized carbons (Fsp3) is 0.310. The summed E-state index contributed by atoms with van der Waals surface area (Å²) in [6.07, 6.45) is 1.33. The first-order valence-electron chi connectivity index (χ1n) is 12.4. The second kappa shape index (κ2) is 13.1. The molecule has 0 radical (unpaired) electrons. The van der Waals surface area contributed by atoms with Crippen molar-refractivity contribution < 1.29 is 22.7 Å². The van der Waals surface area contributed by atoms with Gasteiger partial charge in [-0.2, -0.15) is 0 Å². The lowest BCUT2D eigenvalue weighted by molar-refractivity contribution is -0.140. The molecule has 2 amide bonds. The first kappa shape index (κ1) is 28.7. The predicted octanol–water partition coefficient (Wildman–Crippen LogP) is 3.63. The molecule has 3 aromatic carbocycles. The Morgan fingerprint density at radius 1 is 0.895 bits per heavy atom. The van der Waals surface area contributed by atoms with Crippen molar-refractivity contribution in [2.75, 3.05) is 24.2 Å². The van der Waals surface area contributed by atoms with Gasteiger partial charge in [-0.15, -0.1) is 0 Å². The molecule has 0 aromatic heterocycles. The summed E-state index contributed by atoms with van der Waals surface area (Å²) in [7, 11) is -2.23. The number of amides is 2. The average Bonchev–Trinajstić information content (AvgIpc) is 2.89. The molecule has 0 aliphatic heterocycles. The number of sulfonamides is 1. The molecule has 0 aliphatic carbocycles. The summed E-state index contributed by atoms with van der Waals surface area (Å²) in [6, 6.07) is 24.1. The summed E-state index contributed by atoms with van der Waals surface area (Å²) in [6.45, 7) is 3.34. The van der Waals surface area contributed by atoms with E-state index in [1.165, 1.54) is 4.90 Å². The highest BCUT2D eigenvalue weighted by molar-refractivity contribution is 7.92. The molecule has 3 aromatic rings. The topological polar surface area (TPSA) is 96.0 Å². The molecule has 0 unspecified atom stereocenters. The molecule has 9 heteroatoms. The molecule has 0 spiro atoms. The first-order valence-corrected chi connectivity index (χ1v) is 14.2. The monoisotopic (exact) mass is 537 g/mol. The maximum Gasteiger partial charge on any atom is 0.244 e. The van der Waals surface area contributed by atoms with Crippen molar-refractivity contribution >= 4 is 27.5 Å². The van der Waals surface area contributed by atoms with E-state index in [0.29, 0.717) is 11.4 Å². The highest BCUT2D eigenvalue weighted by atomic mass is 32.2. The zero-order valence-corrected chi connectivity index (χ0v) is 23.0. The van der Waals surface area contributed by atoms with Crippen molar-refractivity contribution in [3.05, 3.63) is 96.1 Å². The van der Waals surface area contributed by atoms with Gasteiger partial charge in [-0.1, -0.05) is 60.7 Å². The second-order valence-electron chi connectivity index (χ2n) is 9.35. The van der Waals surface area contributed by atoms with Crippen LogP contribution in [0, 0.1) is 0 Å².